The number of hydrogen-bond donors (Lipinski definition) is 0. The van der Waals surface area contributed by atoms with Crippen LogP contribution in [0.15, 0.2) is 215 Å². The van der Waals surface area contributed by atoms with Gasteiger partial charge in [-0.25, -0.2) is 0 Å². The van der Waals surface area contributed by atoms with E-state index >= 15 is 0 Å². The van der Waals surface area contributed by atoms with E-state index in [1.54, 1.807) is 22.7 Å². The van der Waals surface area contributed by atoms with Gasteiger partial charge in [0.25, 0.3) is 0 Å². The van der Waals surface area contributed by atoms with Crippen LogP contribution in [0.4, 0.5) is 0 Å². The molecule has 76 heavy (non-hydrogen) atoms. The van der Waals surface area contributed by atoms with E-state index in [2.05, 4.69) is 155 Å². The van der Waals surface area contributed by atoms with Crippen molar-refractivity contribution in [3.8, 4) is 45.8 Å². The van der Waals surface area contributed by atoms with E-state index in [1.807, 2.05) is 72.8 Å². The summed E-state index contributed by atoms with van der Waals surface area (Å²) >= 11 is 3.52. The molecule has 17 aromatic rings. The number of benzene rings is 11. The zero-order valence-electron chi connectivity index (χ0n) is 40.1. The molecule has 11 aromatic carbocycles. The van der Waals surface area contributed by atoms with Crippen LogP contribution in [0.25, 0.3) is 161 Å². The average Bonchev–Trinajstić information content (AvgIpc) is 4.41. The van der Waals surface area contributed by atoms with Gasteiger partial charge in [-0.15, -0.1) is 22.7 Å². The molecular formula is C68H34N4O2S2. The molecule has 0 spiro atoms. The summed E-state index contributed by atoms with van der Waals surface area (Å²) in [7, 11) is 0. The minimum atomic E-state index is 0.372. The first kappa shape index (κ1) is 41.5. The van der Waals surface area contributed by atoms with Gasteiger partial charge in [0.05, 0.1) is 54.0 Å². The molecule has 0 N–H and O–H groups in total. The predicted molar refractivity (Wildman–Crippen MR) is 316 cm³/mol. The Bertz CT molecular complexity index is 4940. The summed E-state index contributed by atoms with van der Waals surface area (Å²) in [6.07, 6.45) is 0. The fourth-order valence-corrected chi connectivity index (χ4v) is 15.2. The topological polar surface area (TPSA) is 83.7 Å². The van der Waals surface area contributed by atoms with E-state index in [-0.39, 0.29) is 0 Å². The molecule has 0 saturated carbocycles. The Morgan fingerprint density at radius 2 is 0.671 bits per heavy atom. The number of aromatic nitrogens is 2. The van der Waals surface area contributed by atoms with Crippen molar-refractivity contribution >= 4 is 151 Å². The summed E-state index contributed by atoms with van der Waals surface area (Å²) < 4.78 is 23.4. The van der Waals surface area contributed by atoms with Gasteiger partial charge in [-0.1, -0.05) is 170 Å². The molecule has 0 amide bonds. The highest BCUT2D eigenvalue weighted by Gasteiger charge is 2.34. The number of nitriles is 2. The minimum Gasteiger partial charge on any atom is -0.454 e. The third-order valence-electron chi connectivity index (χ3n) is 15.8. The summed E-state index contributed by atoms with van der Waals surface area (Å²) in [4.78, 5) is 0. The average molecular weight is 1000 g/mol. The van der Waals surface area contributed by atoms with Gasteiger partial charge < -0.3 is 18.0 Å². The lowest BCUT2D eigenvalue weighted by Crippen LogP contribution is -2.11. The zero-order chi connectivity index (χ0) is 49.9. The van der Waals surface area contributed by atoms with E-state index in [0.29, 0.717) is 39.2 Å². The molecule has 17 rings (SSSR count). The van der Waals surface area contributed by atoms with Gasteiger partial charge >= 0.3 is 0 Å². The maximum atomic E-state index is 12.3. The maximum Gasteiger partial charge on any atom is 0.160 e. The summed E-state index contributed by atoms with van der Waals surface area (Å²) in [5, 5.41) is 37.2. The van der Waals surface area contributed by atoms with E-state index in [1.165, 1.54) is 0 Å². The first-order valence-electron chi connectivity index (χ1n) is 25.2. The van der Waals surface area contributed by atoms with Crippen LogP contribution in [0.5, 0.6) is 0 Å². The molecule has 6 nitrogen and oxygen atoms in total. The van der Waals surface area contributed by atoms with Crippen molar-refractivity contribution in [1.82, 2.24) is 9.13 Å². The molecule has 0 atom stereocenters. The normalized spacial score (nSPS) is 12.2. The molecule has 0 bridgehead atoms. The fraction of sp³-hybridized carbons (Fsp3) is 0. The lowest BCUT2D eigenvalue weighted by atomic mass is 9.86. The number of nitrogens with zero attached hydrogens (tertiary/aromatic N) is 4. The number of thiophene rings is 2. The lowest BCUT2D eigenvalue weighted by molar-refractivity contribution is 0.671. The highest BCUT2D eigenvalue weighted by Crippen LogP contribution is 2.54. The van der Waals surface area contributed by atoms with Crippen molar-refractivity contribution in [1.29, 1.82) is 10.5 Å². The van der Waals surface area contributed by atoms with Crippen LogP contribution in [0.1, 0.15) is 11.1 Å². The van der Waals surface area contributed by atoms with Crippen LogP contribution < -0.4 is 0 Å². The summed E-state index contributed by atoms with van der Waals surface area (Å²) in [6.45, 7) is 0. The molecule has 0 aliphatic rings. The highest BCUT2D eigenvalue weighted by atomic mass is 32.1. The molecular weight excluding hydrogens is 969 g/mol. The van der Waals surface area contributed by atoms with Crippen molar-refractivity contribution in [2.45, 2.75) is 0 Å². The molecule has 0 aliphatic carbocycles. The number of furan rings is 2. The molecule has 0 saturated heterocycles. The Kier molecular flexibility index (Phi) is 8.36. The second-order valence-electron chi connectivity index (χ2n) is 19.6. The second kappa shape index (κ2) is 15.3. The molecule has 0 radical (unpaired) electrons. The SMILES string of the molecule is N#Cc1c(-c2ccccc2)c(C#N)c(-n2c3c(ccc4c5ccccc5oc43)c3ccc4c5ccccc5sc4c32)c(-c2ccccc2)c1-n1c2c(ccc3c4ccccc4oc32)c2ccc3c4ccccc4sc3c21. The number of para-hydroxylation sites is 2. The smallest absolute Gasteiger partial charge is 0.160 e. The Hall–Kier alpha value is -9.96. The Balaban J connectivity index is 1.20. The number of fused-ring (bicyclic) bond motifs is 22. The van der Waals surface area contributed by atoms with Gasteiger partial charge in [-0.2, -0.15) is 10.5 Å². The number of rotatable bonds is 4. The van der Waals surface area contributed by atoms with Crippen LogP contribution in [-0.2, 0) is 0 Å². The molecule has 0 unspecified atom stereocenters. The van der Waals surface area contributed by atoms with E-state index in [9.17, 15) is 10.5 Å². The van der Waals surface area contributed by atoms with E-state index in [0.717, 1.165) is 133 Å². The maximum absolute atomic E-state index is 12.3. The largest absolute Gasteiger partial charge is 0.454 e. The van der Waals surface area contributed by atoms with Crippen molar-refractivity contribution in [2.24, 2.45) is 0 Å². The minimum absolute atomic E-state index is 0.372. The second-order valence-corrected chi connectivity index (χ2v) is 21.7. The summed E-state index contributed by atoms with van der Waals surface area (Å²) in [6, 6.07) is 77.4. The first-order valence-corrected chi connectivity index (χ1v) is 26.8. The van der Waals surface area contributed by atoms with Crippen LogP contribution in [-0.4, -0.2) is 9.13 Å². The number of hydrogen-bond acceptors (Lipinski definition) is 6. The standard InChI is InChI=1S/C68H34N4O2S2/c69-35-51-57(37-15-3-1-4-16-37)52(36-70)60(72-62-44(28-32-48-40-20-8-12-24-54(40)74-66(48)62)46-30-34-50-42-22-10-14-26-56(42)76-68(50)64(46)72)58(38-17-5-2-6-18-38)59(51)71-61-43(27-31-47-39-19-7-11-23-53(39)73-65(47)61)45-29-33-49-41-21-9-13-25-55(41)75-67(49)63(45)71/h1-34H. The van der Waals surface area contributed by atoms with Crippen molar-refractivity contribution < 1.29 is 8.83 Å². The highest BCUT2D eigenvalue weighted by molar-refractivity contribution is 7.27. The Labute approximate surface area is 439 Å². The van der Waals surface area contributed by atoms with Gasteiger partial charge in [-0.05, 0) is 47.5 Å². The summed E-state index contributed by atoms with van der Waals surface area (Å²) in [5.74, 6) is 0. The van der Waals surface area contributed by atoms with Gasteiger partial charge in [0.2, 0.25) is 0 Å². The molecule has 6 aromatic heterocycles. The fourth-order valence-electron chi connectivity index (χ4n) is 12.7. The van der Waals surface area contributed by atoms with Crippen LogP contribution in [0.2, 0.25) is 0 Å². The van der Waals surface area contributed by atoms with Gasteiger partial charge in [0.1, 0.15) is 23.3 Å². The molecule has 6 heterocycles. The summed E-state index contributed by atoms with van der Waals surface area (Å²) in [5.41, 5.74) is 11.5. The Morgan fingerprint density at radius 3 is 1.12 bits per heavy atom. The van der Waals surface area contributed by atoms with Gasteiger partial charge in [0, 0.05) is 85.2 Å². The quantitative estimate of drug-likeness (QED) is 0.176. The third-order valence-corrected chi connectivity index (χ3v) is 18.2. The molecule has 8 heteroatoms. The third kappa shape index (κ3) is 5.35. The monoisotopic (exact) mass is 1000 g/mol. The van der Waals surface area contributed by atoms with Crippen molar-refractivity contribution in [3.63, 3.8) is 0 Å². The first-order chi connectivity index (χ1) is 37.7. The van der Waals surface area contributed by atoms with Gasteiger partial charge in [0.15, 0.2) is 11.2 Å². The van der Waals surface area contributed by atoms with Gasteiger partial charge in [-0.3, -0.25) is 0 Å². The van der Waals surface area contributed by atoms with Crippen molar-refractivity contribution in [2.75, 3.05) is 0 Å². The van der Waals surface area contributed by atoms with Crippen molar-refractivity contribution in [3.05, 3.63) is 217 Å². The van der Waals surface area contributed by atoms with E-state index < -0.39 is 0 Å². The van der Waals surface area contributed by atoms with Crippen LogP contribution in [0.3, 0.4) is 0 Å². The van der Waals surface area contributed by atoms with E-state index in [4.69, 9.17) is 8.83 Å². The Morgan fingerprint density at radius 1 is 0.316 bits per heavy atom. The molecule has 0 fully saturated rings. The lowest BCUT2D eigenvalue weighted by Gasteiger charge is -2.25. The molecule has 0 aliphatic heterocycles. The zero-order valence-corrected chi connectivity index (χ0v) is 41.7. The van der Waals surface area contributed by atoms with Crippen LogP contribution in [0, 0.1) is 22.7 Å². The predicted octanol–water partition coefficient (Wildman–Crippen LogP) is 19.5. The van der Waals surface area contributed by atoms with Crippen LogP contribution >= 0.6 is 22.7 Å². The molecule has 350 valence electrons.